The van der Waals surface area contributed by atoms with E-state index in [4.69, 9.17) is 16.3 Å². The third kappa shape index (κ3) is 3.78. The van der Waals surface area contributed by atoms with E-state index in [0.717, 1.165) is 27.0 Å². The van der Waals surface area contributed by atoms with Crippen molar-refractivity contribution in [2.24, 2.45) is 0 Å². The fourth-order valence-corrected chi connectivity index (χ4v) is 3.63. The van der Waals surface area contributed by atoms with Gasteiger partial charge in [-0.25, -0.2) is 0 Å². The van der Waals surface area contributed by atoms with Gasteiger partial charge in [-0.1, -0.05) is 51.8 Å². The highest BCUT2D eigenvalue weighted by Gasteiger charge is 2.14. The van der Waals surface area contributed by atoms with Crippen molar-refractivity contribution in [2.75, 3.05) is 12.4 Å². The molecule has 0 amide bonds. The van der Waals surface area contributed by atoms with Gasteiger partial charge in [-0.05, 0) is 57.6 Å². The maximum Gasteiger partial charge on any atom is 0.133 e. The van der Waals surface area contributed by atoms with Crippen LogP contribution in [0.3, 0.4) is 0 Å². The molecule has 2 aromatic carbocycles. The van der Waals surface area contributed by atoms with E-state index in [1.54, 1.807) is 7.11 Å². The first-order valence-corrected chi connectivity index (χ1v) is 8.57. The molecule has 4 heteroatoms. The van der Waals surface area contributed by atoms with Crippen LogP contribution in [0.25, 0.3) is 0 Å². The van der Waals surface area contributed by atoms with Crippen molar-refractivity contribution in [3.63, 3.8) is 0 Å². The smallest absolute Gasteiger partial charge is 0.133 e. The predicted octanol–water partition coefficient (Wildman–Crippen LogP) is 5.83. The zero-order valence-electron chi connectivity index (χ0n) is 11.1. The largest absolute Gasteiger partial charge is 0.496 e. The van der Waals surface area contributed by atoms with Gasteiger partial charge in [-0.15, -0.1) is 0 Å². The first-order chi connectivity index (χ1) is 9.65. The Balaban J connectivity index is 2.23. The molecule has 0 bridgehead atoms. The number of hydrogen-bond donors (Lipinski definition) is 0. The maximum atomic E-state index is 6.29. The van der Waals surface area contributed by atoms with Gasteiger partial charge in [-0.2, -0.15) is 0 Å². The first-order valence-electron chi connectivity index (χ1n) is 6.28. The molecule has 20 heavy (non-hydrogen) atoms. The van der Waals surface area contributed by atoms with Crippen LogP contribution in [-0.2, 0) is 6.42 Å². The Labute approximate surface area is 141 Å². The molecule has 1 unspecified atom stereocenters. The van der Waals surface area contributed by atoms with Crippen LogP contribution in [0, 0.1) is 0 Å². The molecule has 2 rings (SSSR count). The Morgan fingerprint density at radius 2 is 1.95 bits per heavy atom. The molecule has 1 atom stereocenters. The molecule has 0 heterocycles. The fraction of sp³-hybridized carbons (Fsp3) is 0.250. The normalized spacial score (nSPS) is 12.2. The molecule has 0 N–H and O–H groups in total. The quantitative estimate of drug-likeness (QED) is 0.555. The van der Waals surface area contributed by atoms with E-state index < -0.39 is 0 Å². The van der Waals surface area contributed by atoms with Crippen LogP contribution in [0.1, 0.15) is 17.0 Å². The summed E-state index contributed by atoms with van der Waals surface area (Å²) in [6.45, 7) is 0. The molecule has 2 aromatic rings. The lowest BCUT2D eigenvalue weighted by molar-refractivity contribution is 0.412. The van der Waals surface area contributed by atoms with Crippen LogP contribution in [0.2, 0.25) is 5.02 Å². The summed E-state index contributed by atoms with van der Waals surface area (Å²) >= 11 is 13.4. The lowest BCUT2D eigenvalue weighted by Crippen LogP contribution is -2.05. The van der Waals surface area contributed by atoms with Gasteiger partial charge in [-0.3, -0.25) is 0 Å². The summed E-state index contributed by atoms with van der Waals surface area (Å²) in [5.41, 5.74) is 2.43. The second-order valence-electron chi connectivity index (χ2n) is 4.55. The van der Waals surface area contributed by atoms with Crippen molar-refractivity contribution in [3.8, 4) is 5.75 Å². The Morgan fingerprint density at radius 1 is 1.20 bits per heavy atom. The summed E-state index contributed by atoms with van der Waals surface area (Å²) in [6, 6.07) is 14.2. The summed E-state index contributed by atoms with van der Waals surface area (Å²) in [7, 11) is 1.67. The molecule has 0 saturated heterocycles. The number of benzene rings is 2. The second-order valence-corrected chi connectivity index (χ2v) is 6.45. The summed E-state index contributed by atoms with van der Waals surface area (Å²) < 4.78 is 6.23. The highest BCUT2D eigenvalue weighted by atomic mass is 79.9. The molecule has 0 saturated carbocycles. The number of alkyl halides is 1. The number of ether oxygens (including phenoxy) is 1. The molecule has 106 valence electrons. The minimum absolute atomic E-state index is 0.351. The molecule has 0 aliphatic heterocycles. The molecule has 0 aromatic heterocycles. The van der Waals surface area contributed by atoms with E-state index in [1.165, 1.54) is 11.1 Å². The third-order valence-corrected chi connectivity index (χ3v) is 4.98. The highest BCUT2D eigenvalue weighted by Crippen LogP contribution is 2.31. The average Bonchev–Trinajstić information content (AvgIpc) is 2.46. The lowest BCUT2D eigenvalue weighted by atomic mass is 9.93. The second kappa shape index (κ2) is 7.48. The van der Waals surface area contributed by atoms with Crippen LogP contribution in [0.5, 0.6) is 5.75 Å². The fourth-order valence-electron chi connectivity index (χ4n) is 2.18. The third-order valence-electron chi connectivity index (χ3n) is 3.23. The van der Waals surface area contributed by atoms with Crippen molar-refractivity contribution in [3.05, 3.63) is 63.1 Å². The SMILES string of the molecule is COc1ccc(CC(CBr)c2ccccc2Cl)cc1Br. The molecule has 0 fully saturated rings. The van der Waals surface area contributed by atoms with Crippen LogP contribution < -0.4 is 4.74 Å². The van der Waals surface area contributed by atoms with E-state index >= 15 is 0 Å². The highest BCUT2D eigenvalue weighted by molar-refractivity contribution is 9.10. The van der Waals surface area contributed by atoms with Crippen LogP contribution in [0.15, 0.2) is 46.9 Å². The maximum absolute atomic E-state index is 6.29. The van der Waals surface area contributed by atoms with Gasteiger partial charge in [0.15, 0.2) is 0 Å². The predicted molar refractivity (Wildman–Crippen MR) is 92.4 cm³/mol. The van der Waals surface area contributed by atoms with Crippen LogP contribution >= 0.6 is 43.5 Å². The first kappa shape index (κ1) is 15.9. The van der Waals surface area contributed by atoms with Gasteiger partial charge in [0, 0.05) is 10.4 Å². The zero-order chi connectivity index (χ0) is 14.5. The molecule has 0 radical (unpaired) electrons. The summed E-state index contributed by atoms with van der Waals surface area (Å²) in [6.07, 6.45) is 0.928. The van der Waals surface area contributed by atoms with E-state index in [-0.39, 0.29) is 0 Å². The standard InChI is InChI=1S/C16H15Br2ClO/c1-20-16-7-6-11(9-14(16)18)8-12(10-17)13-4-2-3-5-15(13)19/h2-7,9,12H,8,10H2,1H3. The van der Waals surface area contributed by atoms with E-state index in [9.17, 15) is 0 Å². The van der Waals surface area contributed by atoms with Crippen molar-refractivity contribution in [1.82, 2.24) is 0 Å². The zero-order valence-corrected chi connectivity index (χ0v) is 15.0. The van der Waals surface area contributed by atoms with Gasteiger partial charge in [0.1, 0.15) is 5.75 Å². The van der Waals surface area contributed by atoms with Gasteiger partial charge in [0.05, 0.1) is 11.6 Å². The number of halogens is 3. The van der Waals surface area contributed by atoms with Gasteiger partial charge >= 0.3 is 0 Å². The molecular formula is C16H15Br2ClO. The Kier molecular flexibility index (Phi) is 5.94. The Morgan fingerprint density at radius 3 is 2.55 bits per heavy atom. The van der Waals surface area contributed by atoms with E-state index in [0.29, 0.717) is 5.92 Å². The minimum atomic E-state index is 0.351. The van der Waals surface area contributed by atoms with Crippen molar-refractivity contribution in [2.45, 2.75) is 12.3 Å². The van der Waals surface area contributed by atoms with Crippen LogP contribution in [-0.4, -0.2) is 12.4 Å². The minimum Gasteiger partial charge on any atom is -0.496 e. The summed E-state index contributed by atoms with van der Waals surface area (Å²) in [5, 5.41) is 1.70. The average molecular weight is 419 g/mol. The van der Waals surface area contributed by atoms with Gasteiger partial charge in [0.25, 0.3) is 0 Å². The Bertz CT molecular complexity index is 586. The van der Waals surface area contributed by atoms with E-state index in [2.05, 4.69) is 50.1 Å². The summed E-state index contributed by atoms with van der Waals surface area (Å²) in [5.74, 6) is 1.20. The monoisotopic (exact) mass is 416 g/mol. The molecular weight excluding hydrogens is 403 g/mol. The van der Waals surface area contributed by atoms with E-state index in [1.807, 2.05) is 24.3 Å². The Hall–Kier alpha value is -0.510. The number of rotatable bonds is 5. The van der Waals surface area contributed by atoms with Crippen molar-refractivity contribution >= 4 is 43.5 Å². The number of hydrogen-bond acceptors (Lipinski definition) is 1. The molecule has 0 aliphatic carbocycles. The van der Waals surface area contributed by atoms with Crippen molar-refractivity contribution in [1.29, 1.82) is 0 Å². The molecule has 0 spiro atoms. The topological polar surface area (TPSA) is 9.23 Å². The summed E-state index contributed by atoms with van der Waals surface area (Å²) in [4.78, 5) is 0. The van der Waals surface area contributed by atoms with Crippen molar-refractivity contribution < 1.29 is 4.74 Å². The van der Waals surface area contributed by atoms with Gasteiger partial charge in [0.2, 0.25) is 0 Å². The lowest BCUT2D eigenvalue weighted by Gasteiger charge is -2.17. The molecule has 1 nitrogen and oxygen atoms in total. The number of methoxy groups -OCH3 is 1. The van der Waals surface area contributed by atoms with Crippen LogP contribution in [0.4, 0.5) is 0 Å². The van der Waals surface area contributed by atoms with Gasteiger partial charge < -0.3 is 4.74 Å². The molecule has 0 aliphatic rings.